The third-order valence-electron chi connectivity index (χ3n) is 4.88. The summed E-state index contributed by atoms with van der Waals surface area (Å²) in [6.45, 7) is 3.99. The molecule has 0 unspecified atom stereocenters. The Labute approximate surface area is 156 Å². The van der Waals surface area contributed by atoms with Gasteiger partial charge in [0.25, 0.3) is 11.5 Å². The lowest BCUT2D eigenvalue weighted by Crippen LogP contribution is -2.16. The van der Waals surface area contributed by atoms with Gasteiger partial charge in [0, 0.05) is 18.9 Å². The third kappa shape index (κ3) is 2.79. The molecule has 0 spiro atoms. The third-order valence-corrected chi connectivity index (χ3v) is 4.88. The molecule has 6 heteroatoms. The van der Waals surface area contributed by atoms with E-state index in [9.17, 15) is 9.59 Å². The molecule has 0 bridgehead atoms. The van der Waals surface area contributed by atoms with E-state index < -0.39 is 0 Å². The Kier molecular flexibility index (Phi) is 4.03. The summed E-state index contributed by atoms with van der Waals surface area (Å²) in [5.74, 6) is -0.273. The van der Waals surface area contributed by atoms with Crippen molar-refractivity contribution in [3.8, 4) is 0 Å². The highest BCUT2D eigenvalue weighted by atomic mass is 16.2. The Balaban J connectivity index is 1.79. The lowest BCUT2D eigenvalue weighted by atomic mass is 10.1. The molecule has 0 aliphatic carbocycles. The van der Waals surface area contributed by atoms with E-state index in [1.54, 1.807) is 23.9 Å². The SMILES string of the molecule is CCc1ccc(NC(=O)c2cc3c(=O)n4cccc(C)c4nc3n2C)cc1. The van der Waals surface area contributed by atoms with E-state index in [1.807, 2.05) is 43.3 Å². The first kappa shape index (κ1) is 17.0. The van der Waals surface area contributed by atoms with E-state index in [4.69, 9.17) is 0 Å². The van der Waals surface area contributed by atoms with Crippen LogP contribution >= 0.6 is 0 Å². The molecule has 6 nitrogen and oxygen atoms in total. The number of anilines is 1. The van der Waals surface area contributed by atoms with Crippen LogP contribution in [0.2, 0.25) is 0 Å². The number of rotatable bonds is 3. The number of pyridine rings is 1. The number of amides is 1. The van der Waals surface area contributed by atoms with Gasteiger partial charge in [-0.1, -0.05) is 25.1 Å². The van der Waals surface area contributed by atoms with Crippen LogP contribution in [0.5, 0.6) is 0 Å². The van der Waals surface area contributed by atoms with E-state index in [-0.39, 0.29) is 11.5 Å². The molecule has 4 aromatic rings. The van der Waals surface area contributed by atoms with Gasteiger partial charge in [-0.3, -0.25) is 14.0 Å². The number of carbonyl (C=O) groups is 1. The second-order valence-electron chi connectivity index (χ2n) is 6.63. The van der Waals surface area contributed by atoms with Gasteiger partial charge in [-0.25, -0.2) is 4.98 Å². The molecular weight excluding hydrogens is 340 g/mol. The fourth-order valence-electron chi connectivity index (χ4n) is 3.27. The van der Waals surface area contributed by atoms with E-state index in [1.165, 1.54) is 9.96 Å². The summed E-state index contributed by atoms with van der Waals surface area (Å²) in [6, 6.07) is 13.1. The van der Waals surface area contributed by atoms with Crippen molar-refractivity contribution in [2.75, 3.05) is 5.32 Å². The topological polar surface area (TPSA) is 68.4 Å². The van der Waals surface area contributed by atoms with Crippen molar-refractivity contribution >= 4 is 28.3 Å². The van der Waals surface area contributed by atoms with Gasteiger partial charge in [0.2, 0.25) is 0 Å². The van der Waals surface area contributed by atoms with Crippen molar-refractivity contribution in [3.63, 3.8) is 0 Å². The zero-order valence-electron chi connectivity index (χ0n) is 15.5. The average molecular weight is 360 g/mol. The van der Waals surface area contributed by atoms with Gasteiger partial charge in [0.15, 0.2) is 0 Å². The second-order valence-corrected chi connectivity index (χ2v) is 6.63. The quantitative estimate of drug-likeness (QED) is 0.609. The predicted octanol–water partition coefficient (Wildman–Crippen LogP) is 3.31. The lowest BCUT2D eigenvalue weighted by molar-refractivity contribution is 0.101. The standard InChI is InChI=1S/C21H20N4O2/c1-4-14-7-9-15(10-8-14)22-20(26)17-12-16-19(24(17)3)23-18-13(2)6-5-11-25(18)21(16)27/h5-12H,4H2,1-3H3,(H,22,26). The molecule has 0 radical (unpaired) electrons. The van der Waals surface area contributed by atoms with Crippen molar-refractivity contribution in [3.05, 3.63) is 75.8 Å². The minimum absolute atomic E-state index is 0.180. The maximum absolute atomic E-state index is 12.8. The smallest absolute Gasteiger partial charge is 0.272 e. The number of nitrogens with zero attached hydrogens (tertiary/aromatic N) is 3. The zero-order valence-corrected chi connectivity index (χ0v) is 15.5. The maximum Gasteiger partial charge on any atom is 0.272 e. The van der Waals surface area contributed by atoms with Gasteiger partial charge in [-0.2, -0.15) is 0 Å². The molecule has 0 atom stereocenters. The van der Waals surface area contributed by atoms with Crippen LogP contribution in [0.3, 0.4) is 0 Å². The van der Waals surface area contributed by atoms with Crippen LogP contribution in [0.4, 0.5) is 5.69 Å². The molecule has 0 aliphatic heterocycles. The van der Waals surface area contributed by atoms with Gasteiger partial charge in [0.1, 0.15) is 17.0 Å². The number of nitrogens with one attached hydrogen (secondary N) is 1. The highest BCUT2D eigenvalue weighted by Crippen LogP contribution is 2.18. The number of fused-ring (bicyclic) bond motifs is 2. The fraction of sp³-hybridized carbons (Fsp3) is 0.190. The summed E-state index contributed by atoms with van der Waals surface area (Å²) < 4.78 is 3.18. The van der Waals surface area contributed by atoms with Crippen LogP contribution in [-0.2, 0) is 13.5 Å². The molecule has 3 heterocycles. The molecule has 1 amide bonds. The molecule has 136 valence electrons. The van der Waals surface area contributed by atoms with Crippen LogP contribution in [-0.4, -0.2) is 19.9 Å². The molecule has 1 N–H and O–H groups in total. The summed E-state index contributed by atoms with van der Waals surface area (Å²) >= 11 is 0. The first-order valence-electron chi connectivity index (χ1n) is 8.87. The van der Waals surface area contributed by atoms with E-state index in [0.717, 1.165) is 12.0 Å². The number of carbonyl (C=O) groups excluding carboxylic acids is 1. The molecule has 1 aromatic carbocycles. The van der Waals surface area contributed by atoms with E-state index >= 15 is 0 Å². The van der Waals surface area contributed by atoms with E-state index in [0.29, 0.717) is 28.1 Å². The summed E-state index contributed by atoms with van der Waals surface area (Å²) in [5.41, 5.74) is 4.13. The first-order valence-corrected chi connectivity index (χ1v) is 8.87. The van der Waals surface area contributed by atoms with Crippen LogP contribution in [0, 0.1) is 6.92 Å². The van der Waals surface area contributed by atoms with Crippen molar-refractivity contribution in [1.29, 1.82) is 0 Å². The van der Waals surface area contributed by atoms with Gasteiger partial charge in [-0.05, 0) is 48.7 Å². The number of aromatic nitrogens is 3. The lowest BCUT2D eigenvalue weighted by Gasteiger charge is -2.07. The Morgan fingerprint density at radius 1 is 1.15 bits per heavy atom. The molecule has 27 heavy (non-hydrogen) atoms. The Hall–Kier alpha value is -3.41. The van der Waals surface area contributed by atoms with Crippen LogP contribution in [0.1, 0.15) is 28.5 Å². The van der Waals surface area contributed by atoms with Crippen molar-refractivity contribution in [2.24, 2.45) is 7.05 Å². The minimum Gasteiger partial charge on any atom is -0.324 e. The minimum atomic E-state index is -0.273. The number of benzene rings is 1. The van der Waals surface area contributed by atoms with Crippen LogP contribution in [0.25, 0.3) is 16.7 Å². The summed E-state index contributed by atoms with van der Waals surface area (Å²) in [5, 5.41) is 3.31. The number of aryl methyl sites for hydroxylation is 3. The first-order chi connectivity index (χ1) is 13.0. The molecule has 0 saturated heterocycles. The van der Waals surface area contributed by atoms with Crippen molar-refractivity contribution in [2.45, 2.75) is 20.3 Å². The molecule has 0 fully saturated rings. The molecular formula is C21H20N4O2. The van der Waals surface area contributed by atoms with E-state index in [2.05, 4.69) is 17.2 Å². The molecule has 4 rings (SSSR count). The highest BCUT2D eigenvalue weighted by Gasteiger charge is 2.18. The molecule has 3 aromatic heterocycles. The van der Waals surface area contributed by atoms with Gasteiger partial charge >= 0.3 is 0 Å². The Bertz CT molecular complexity index is 1230. The Morgan fingerprint density at radius 2 is 1.89 bits per heavy atom. The predicted molar refractivity (Wildman–Crippen MR) is 106 cm³/mol. The zero-order chi connectivity index (χ0) is 19.1. The van der Waals surface area contributed by atoms with Gasteiger partial charge in [-0.15, -0.1) is 0 Å². The number of hydrogen-bond acceptors (Lipinski definition) is 3. The highest BCUT2D eigenvalue weighted by molar-refractivity contribution is 6.06. The second kappa shape index (κ2) is 6.39. The molecule has 0 saturated carbocycles. The summed E-state index contributed by atoms with van der Waals surface area (Å²) in [6.07, 6.45) is 2.64. The fourth-order valence-corrected chi connectivity index (χ4v) is 3.27. The van der Waals surface area contributed by atoms with Crippen molar-refractivity contribution < 1.29 is 4.79 Å². The summed E-state index contributed by atoms with van der Waals surface area (Å²) in [7, 11) is 1.75. The largest absolute Gasteiger partial charge is 0.324 e. The van der Waals surface area contributed by atoms with Gasteiger partial charge < -0.3 is 9.88 Å². The van der Waals surface area contributed by atoms with Crippen molar-refractivity contribution in [1.82, 2.24) is 14.0 Å². The van der Waals surface area contributed by atoms with Gasteiger partial charge in [0.05, 0.1) is 5.39 Å². The average Bonchev–Trinajstić information content (AvgIpc) is 3.01. The van der Waals surface area contributed by atoms with Crippen LogP contribution in [0.15, 0.2) is 53.5 Å². The molecule has 0 aliphatic rings. The maximum atomic E-state index is 12.8. The summed E-state index contributed by atoms with van der Waals surface area (Å²) in [4.78, 5) is 30.2. The number of hydrogen-bond donors (Lipinski definition) is 1. The Morgan fingerprint density at radius 3 is 2.59 bits per heavy atom. The monoisotopic (exact) mass is 360 g/mol. The normalized spacial score (nSPS) is 11.2. The van der Waals surface area contributed by atoms with Crippen LogP contribution < -0.4 is 10.9 Å².